The van der Waals surface area contributed by atoms with Crippen molar-refractivity contribution in [1.82, 2.24) is 0 Å². The van der Waals surface area contributed by atoms with E-state index in [9.17, 15) is 4.79 Å². The summed E-state index contributed by atoms with van der Waals surface area (Å²) in [6.07, 6.45) is 3.88. The second kappa shape index (κ2) is 12.7. The molecule has 3 rings (SSSR count). The number of hydrogen-bond acceptors (Lipinski definition) is 3. The minimum Gasteiger partial charge on any atom is -0.456 e. The molecule has 0 aliphatic heterocycles. The van der Waals surface area contributed by atoms with Gasteiger partial charge in [-0.1, -0.05) is 119 Å². The zero-order chi connectivity index (χ0) is 31.5. The van der Waals surface area contributed by atoms with Gasteiger partial charge in [0.2, 0.25) is 0 Å². The van der Waals surface area contributed by atoms with Crippen molar-refractivity contribution in [2.75, 3.05) is 0 Å². The summed E-state index contributed by atoms with van der Waals surface area (Å²) in [5.74, 6) is 1.51. The first-order chi connectivity index (χ1) is 19.6. The molecule has 0 fully saturated rings. The maximum atomic E-state index is 13.9. The first kappa shape index (κ1) is 33.4. The van der Waals surface area contributed by atoms with Crippen LogP contribution >= 0.6 is 0 Å². The molecule has 0 saturated carbocycles. The molecule has 0 radical (unpaired) electrons. The standard InChI is InChI=1S/C39H54O3/c1-13-36(5,6)28-22-19-25-31(33(28)38(9,10)15-3)41-30-24-18-17-21-27(30)35(40)42-32-26-20-23-29(37(7,8)14-2)34(32)39(11,12)16-4/h17-26H,13-16H2,1-12H3. The number of hydrogen-bond donors (Lipinski definition) is 0. The molecule has 3 nitrogen and oxygen atoms in total. The first-order valence-electron chi connectivity index (χ1n) is 15.8. The van der Waals surface area contributed by atoms with Crippen molar-refractivity contribution in [1.29, 1.82) is 0 Å². The molecule has 42 heavy (non-hydrogen) atoms. The van der Waals surface area contributed by atoms with Gasteiger partial charge in [0.15, 0.2) is 0 Å². The molecular weight excluding hydrogens is 516 g/mol. The van der Waals surface area contributed by atoms with Gasteiger partial charge in [0.1, 0.15) is 22.8 Å². The van der Waals surface area contributed by atoms with E-state index in [4.69, 9.17) is 9.47 Å². The van der Waals surface area contributed by atoms with Gasteiger partial charge in [-0.3, -0.25) is 0 Å². The smallest absolute Gasteiger partial charge is 0.347 e. The van der Waals surface area contributed by atoms with E-state index in [1.54, 1.807) is 6.07 Å². The Hall–Kier alpha value is -3.07. The molecule has 0 atom stereocenters. The van der Waals surface area contributed by atoms with Crippen LogP contribution in [0.25, 0.3) is 0 Å². The molecule has 0 unspecified atom stereocenters. The number of carbonyl (C=O) groups excluding carboxylic acids is 1. The van der Waals surface area contributed by atoms with Crippen LogP contribution in [0.5, 0.6) is 17.2 Å². The second-order valence-electron chi connectivity index (χ2n) is 14.3. The summed E-state index contributed by atoms with van der Waals surface area (Å²) >= 11 is 0. The summed E-state index contributed by atoms with van der Waals surface area (Å²) in [5, 5.41) is 0. The van der Waals surface area contributed by atoms with E-state index in [0.29, 0.717) is 17.1 Å². The van der Waals surface area contributed by atoms with Crippen LogP contribution < -0.4 is 9.47 Å². The zero-order valence-corrected chi connectivity index (χ0v) is 28.3. The maximum Gasteiger partial charge on any atom is 0.347 e. The van der Waals surface area contributed by atoms with Gasteiger partial charge >= 0.3 is 5.97 Å². The van der Waals surface area contributed by atoms with Crippen molar-refractivity contribution >= 4 is 5.97 Å². The topological polar surface area (TPSA) is 35.5 Å². The molecule has 0 N–H and O–H groups in total. The molecule has 0 saturated heterocycles. The van der Waals surface area contributed by atoms with Crippen LogP contribution in [0.1, 0.15) is 141 Å². The van der Waals surface area contributed by atoms with Crippen LogP contribution in [0.2, 0.25) is 0 Å². The van der Waals surface area contributed by atoms with Gasteiger partial charge in [-0.2, -0.15) is 0 Å². The Morgan fingerprint density at radius 3 is 1.40 bits per heavy atom. The van der Waals surface area contributed by atoms with E-state index in [1.807, 2.05) is 36.4 Å². The summed E-state index contributed by atoms with van der Waals surface area (Å²) in [6.45, 7) is 26.9. The molecule has 0 spiro atoms. The molecule has 3 heteroatoms. The van der Waals surface area contributed by atoms with E-state index in [1.165, 1.54) is 16.7 Å². The van der Waals surface area contributed by atoms with Gasteiger partial charge in [0, 0.05) is 11.1 Å². The third-order valence-electron chi connectivity index (χ3n) is 9.93. The quantitative estimate of drug-likeness (QED) is 0.160. The molecule has 0 amide bonds. The predicted molar refractivity (Wildman–Crippen MR) is 178 cm³/mol. The number of carbonyl (C=O) groups is 1. The molecular formula is C39H54O3. The maximum absolute atomic E-state index is 13.9. The van der Waals surface area contributed by atoms with Crippen LogP contribution in [0.15, 0.2) is 60.7 Å². The highest BCUT2D eigenvalue weighted by Crippen LogP contribution is 2.45. The van der Waals surface area contributed by atoms with Crippen molar-refractivity contribution in [3.8, 4) is 17.2 Å². The Labute approximate surface area is 256 Å². The number of rotatable bonds is 12. The molecule has 0 aliphatic carbocycles. The highest BCUT2D eigenvalue weighted by molar-refractivity contribution is 5.94. The van der Waals surface area contributed by atoms with Crippen LogP contribution in [0.3, 0.4) is 0 Å². The highest BCUT2D eigenvalue weighted by Gasteiger charge is 2.34. The monoisotopic (exact) mass is 570 g/mol. The fourth-order valence-electron chi connectivity index (χ4n) is 5.49. The van der Waals surface area contributed by atoms with Crippen LogP contribution in [-0.4, -0.2) is 5.97 Å². The van der Waals surface area contributed by atoms with Crippen molar-refractivity contribution in [2.45, 2.75) is 130 Å². The average Bonchev–Trinajstić information content (AvgIpc) is 2.96. The van der Waals surface area contributed by atoms with Gasteiger partial charge < -0.3 is 9.47 Å². The van der Waals surface area contributed by atoms with E-state index in [2.05, 4.69) is 101 Å². The molecule has 0 heterocycles. The van der Waals surface area contributed by atoms with Gasteiger partial charge in [-0.15, -0.1) is 0 Å². The van der Waals surface area contributed by atoms with Crippen LogP contribution in [0, 0.1) is 0 Å². The lowest BCUT2D eigenvalue weighted by Crippen LogP contribution is -2.27. The fraction of sp³-hybridized carbons (Fsp3) is 0.513. The summed E-state index contributed by atoms with van der Waals surface area (Å²) in [5.41, 5.74) is 4.90. The van der Waals surface area contributed by atoms with E-state index in [0.717, 1.165) is 37.0 Å². The minimum atomic E-state index is -0.411. The number of esters is 1. The molecule has 3 aromatic rings. The zero-order valence-electron chi connectivity index (χ0n) is 28.3. The third kappa shape index (κ3) is 6.77. The highest BCUT2D eigenvalue weighted by atomic mass is 16.5. The largest absolute Gasteiger partial charge is 0.456 e. The Bertz CT molecular complexity index is 1390. The lowest BCUT2D eigenvalue weighted by molar-refractivity contribution is 0.0728. The van der Waals surface area contributed by atoms with Crippen molar-refractivity contribution in [3.63, 3.8) is 0 Å². The second-order valence-corrected chi connectivity index (χ2v) is 14.3. The SMILES string of the molecule is CCC(C)(C)c1cccc(OC(=O)c2ccccc2Oc2cccc(C(C)(C)CC)c2C(C)(C)CC)c1C(C)(C)CC. The molecule has 228 valence electrons. The van der Waals surface area contributed by atoms with Crippen LogP contribution in [-0.2, 0) is 21.7 Å². The normalized spacial score (nSPS) is 12.8. The fourth-order valence-corrected chi connectivity index (χ4v) is 5.49. The van der Waals surface area contributed by atoms with Crippen molar-refractivity contribution < 1.29 is 14.3 Å². The van der Waals surface area contributed by atoms with Crippen molar-refractivity contribution in [2.24, 2.45) is 0 Å². The van der Waals surface area contributed by atoms with Gasteiger partial charge in [-0.05, 0) is 82.7 Å². The molecule has 0 bridgehead atoms. The van der Waals surface area contributed by atoms with E-state index in [-0.39, 0.29) is 21.7 Å². The Morgan fingerprint density at radius 2 is 0.929 bits per heavy atom. The minimum absolute atomic E-state index is 0.0145. The molecule has 0 aromatic heterocycles. The Morgan fingerprint density at radius 1 is 0.524 bits per heavy atom. The van der Waals surface area contributed by atoms with Gasteiger partial charge in [0.05, 0.1) is 0 Å². The van der Waals surface area contributed by atoms with E-state index < -0.39 is 5.97 Å². The van der Waals surface area contributed by atoms with Crippen LogP contribution in [0.4, 0.5) is 0 Å². The Balaban J connectivity index is 2.12. The number of benzene rings is 3. The summed E-state index contributed by atoms with van der Waals surface area (Å²) in [6, 6.07) is 19.9. The van der Waals surface area contributed by atoms with Crippen molar-refractivity contribution in [3.05, 3.63) is 88.5 Å². The third-order valence-corrected chi connectivity index (χ3v) is 9.93. The summed E-state index contributed by atoms with van der Waals surface area (Å²) in [4.78, 5) is 13.9. The average molecular weight is 571 g/mol. The number of para-hydroxylation sites is 1. The lowest BCUT2D eigenvalue weighted by atomic mass is 9.71. The van der Waals surface area contributed by atoms with Gasteiger partial charge in [0.25, 0.3) is 0 Å². The number of ether oxygens (including phenoxy) is 2. The first-order valence-corrected chi connectivity index (χ1v) is 15.8. The summed E-state index contributed by atoms with van der Waals surface area (Å²) in [7, 11) is 0. The predicted octanol–water partition coefficient (Wildman–Crippen LogP) is 11.4. The Kier molecular flexibility index (Phi) is 10.1. The lowest BCUT2D eigenvalue weighted by Gasteiger charge is -2.35. The molecule has 3 aromatic carbocycles. The van der Waals surface area contributed by atoms with Gasteiger partial charge in [-0.25, -0.2) is 4.79 Å². The summed E-state index contributed by atoms with van der Waals surface area (Å²) < 4.78 is 13.0. The van der Waals surface area contributed by atoms with E-state index >= 15 is 0 Å². The molecule has 0 aliphatic rings.